The van der Waals surface area contributed by atoms with Crippen LogP contribution in [-0.2, 0) is 4.79 Å². The predicted octanol–water partition coefficient (Wildman–Crippen LogP) is 4.48. The number of hydrogen-bond acceptors (Lipinski definition) is 4. The zero-order chi connectivity index (χ0) is 21.3. The highest BCUT2D eigenvalue weighted by molar-refractivity contribution is 5.92. The van der Waals surface area contributed by atoms with Gasteiger partial charge < -0.3 is 10.1 Å². The molecule has 5 nitrogen and oxygen atoms in total. The third-order valence-corrected chi connectivity index (χ3v) is 4.34. The monoisotopic (exact) mass is 407 g/mol. The zero-order valence-electron chi connectivity index (χ0n) is 15.9. The molecular weight excluding hydrogens is 388 g/mol. The number of rotatable bonds is 8. The topological polar surface area (TPSA) is 74.2 Å². The minimum atomic E-state index is -2.88. The lowest BCUT2D eigenvalue weighted by molar-refractivity contribution is -0.115. The van der Waals surface area contributed by atoms with Gasteiger partial charge in [-0.25, -0.2) is 0 Å². The standard InChI is InChI=1S/C23H19F2N3O2/c24-23(25)30-20-12-8-18(9-13-20)22(17-4-2-1-3-5-17)27-15-21(29)28-19-10-6-16(14-26)7-11-19/h1-13,22-23,27H,15H2,(H,28,29)/t22-/m0/s1. The molecule has 3 aromatic carbocycles. The maximum atomic E-state index is 12.4. The maximum absolute atomic E-state index is 12.4. The summed E-state index contributed by atoms with van der Waals surface area (Å²) in [6.45, 7) is -2.86. The fourth-order valence-corrected chi connectivity index (χ4v) is 2.94. The molecule has 0 aliphatic heterocycles. The van der Waals surface area contributed by atoms with Gasteiger partial charge in [0.15, 0.2) is 0 Å². The third-order valence-electron chi connectivity index (χ3n) is 4.34. The van der Waals surface area contributed by atoms with Gasteiger partial charge in [-0.15, -0.1) is 0 Å². The summed E-state index contributed by atoms with van der Waals surface area (Å²) >= 11 is 0. The average molecular weight is 407 g/mol. The maximum Gasteiger partial charge on any atom is 0.387 e. The van der Waals surface area contributed by atoms with Crippen LogP contribution in [0, 0.1) is 11.3 Å². The number of ether oxygens (including phenoxy) is 1. The Balaban J connectivity index is 1.70. The van der Waals surface area contributed by atoms with E-state index >= 15 is 0 Å². The molecule has 1 atom stereocenters. The van der Waals surface area contributed by atoms with Gasteiger partial charge in [-0.3, -0.25) is 10.1 Å². The number of nitriles is 1. The Bertz CT molecular complexity index is 1000. The molecule has 3 rings (SSSR count). The zero-order valence-corrected chi connectivity index (χ0v) is 15.9. The summed E-state index contributed by atoms with van der Waals surface area (Å²) in [5.41, 5.74) is 2.82. The van der Waals surface area contributed by atoms with Crippen molar-refractivity contribution < 1.29 is 18.3 Å². The fraction of sp³-hybridized carbons (Fsp3) is 0.130. The van der Waals surface area contributed by atoms with Crippen LogP contribution in [0.1, 0.15) is 22.7 Å². The molecule has 0 bridgehead atoms. The van der Waals surface area contributed by atoms with Crippen LogP contribution in [0.15, 0.2) is 78.9 Å². The van der Waals surface area contributed by atoms with Gasteiger partial charge in [-0.2, -0.15) is 14.0 Å². The highest BCUT2D eigenvalue weighted by Crippen LogP contribution is 2.24. The lowest BCUT2D eigenvalue weighted by atomic mass is 9.98. The van der Waals surface area contributed by atoms with E-state index in [1.54, 1.807) is 36.4 Å². The first kappa shape index (κ1) is 21.0. The molecule has 1 amide bonds. The number of nitrogens with zero attached hydrogens (tertiary/aromatic N) is 1. The summed E-state index contributed by atoms with van der Waals surface area (Å²) in [5.74, 6) is -0.183. The summed E-state index contributed by atoms with van der Waals surface area (Å²) in [5, 5.41) is 14.8. The van der Waals surface area contributed by atoms with E-state index in [0.717, 1.165) is 11.1 Å². The molecule has 0 spiro atoms. The summed E-state index contributed by atoms with van der Waals surface area (Å²) in [6, 6.07) is 24.1. The van der Waals surface area contributed by atoms with Crippen molar-refractivity contribution in [3.05, 3.63) is 95.6 Å². The van der Waals surface area contributed by atoms with Gasteiger partial charge >= 0.3 is 6.61 Å². The number of carbonyl (C=O) groups is 1. The van der Waals surface area contributed by atoms with Crippen molar-refractivity contribution in [1.82, 2.24) is 5.32 Å². The number of alkyl halides is 2. The van der Waals surface area contributed by atoms with Crippen LogP contribution < -0.4 is 15.4 Å². The second kappa shape index (κ2) is 10.1. The van der Waals surface area contributed by atoms with Gasteiger partial charge in [0.05, 0.1) is 24.2 Å². The summed E-state index contributed by atoms with van der Waals surface area (Å²) in [4.78, 5) is 12.4. The lowest BCUT2D eigenvalue weighted by Crippen LogP contribution is -2.31. The van der Waals surface area contributed by atoms with E-state index in [2.05, 4.69) is 15.4 Å². The largest absolute Gasteiger partial charge is 0.435 e. The molecule has 7 heteroatoms. The van der Waals surface area contributed by atoms with Crippen molar-refractivity contribution in [2.75, 3.05) is 11.9 Å². The molecule has 2 N–H and O–H groups in total. The summed E-state index contributed by atoms with van der Waals surface area (Å²) in [7, 11) is 0. The molecule has 152 valence electrons. The van der Waals surface area contributed by atoms with Crippen LogP contribution in [0.4, 0.5) is 14.5 Å². The number of benzene rings is 3. The van der Waals surface area contributed by atoms with E-state index in [1.807, 2.05) is 36.4 Å². The van der Waals surface area contributed by atoms with Crippen LogP contribution in [0.5, 0.6) is 5.75 Å². The number of carbonyl (C=O) groups excluding carboxylic acids is 1. The van der Waals surface area contributed by atoms with Gasteiger partial charge in [-0.05, 0) is 47.5 Å². The predicted molar refractivity (Wildman–Crippen MR) is 109 cm³/mol. The Morgan fingerprint density at radius 3 is 2.17 bits per heavy atom. The van der Waals surface area contributed by atoms with Gasteiger partial charge in [0, 0.05) is 5.69 Å². The highest BCUT2D eigenvalue weighted by Gasteiger charge is 2.16. The smallest absolute Gasteiger partial charge is 0.387 e. The lowest BCUT2D eigenvalue weighted by Gasteiger charge is -2.20. The number of anilines is 1. The fourth-order valence-electron chi connectivity index (χ4n) is 2.94. The molecule has 3 aromatic rings. The Kier molecular flexibility index (Phi) is 7.09. The Morgan fingerprint density at radius 1 is 0.933 bits per heavy atom. The second-order valence-corrected chi connectivity index (χ2v) is 6.41. The van der Waals surface area contributed by atoms with Gasteiger partial charge in [0.1, 0.15) is 5.75 Å². The Hall–Kier alpha value is -3.76. The van der Waals surface area contributed by atoms with E-state index in [1.165, 1.54) is 12.1 Å². The summed E-state index contributed by atoms with van der Waals surface area (Å²) < 4.78 is 29.2. The van der Waals surface area contributed by atoms with Gasteiger partial charge in [0.25, 0.3) is 0 Å². The molecule has 30 heavy (non-hydrogen) atoms. The SMILES string of the molecule is N#Cc1ccc(NC(=O)CN[C@@H](c2ccccc2)c2ccc(OC(F)F)cc2)cc1. The first-order valence-electron chi connectivity index (χ1n) is 9.18. The molecule has 0 saturated carbocycles. The number of nitrogens with one attached hydrogen (secondary N) is 2. The van der Waals surface area contributed by atoms with Crippen LogP contribution in [0.3, 0.4) is 0 Å². The normalized spacial score (nSPS) is 11.5. The number of amides is 1. The third kappa shape index (κ3) is 5.87. The van der Waals surface area contributed by atoms with Crippen molar-refractivity contribution in [3.8, 4) is 11.8 Å². The number of hydrogen-bond donors (Lipinski definition) is 2. The quantitative estimate of drug-likeness (QED) is 0.578. The van der Waals surface area contributed by atoms with Crippen molar-refractivity contribution >= 4 is 11.6 Å². The molecule has 0 aliphatic carbocycles. The van der Waals surface area contributed by atoms with E-state index in [-0.39, 0.29) is 24.2 Å². The Labute approximate surface area is 172 Å². The molecule has 0 heterocycles. The molecule has 0 fully saturated rings. The molecule has 0 aliphatic rings. The minimum Gasteiger partial charge on any atom is -0.435 e. The number of halogens is 2. The van der Waals surface area contributed by atoms with Crippen LogP contribution >= 0.6 is 0 Å². The first-order valence-corrected chi connectivity index (χ1v) is 9.18. The average Bonchev–Trinajstić information content (AvgIpc) is 2.76. The molecule has 0 unspecified atom stereocenters. The van der Waals surface area contributed by atoms with E-state index in [0.29, 0.717) is 11.3 Å². The van der Waals surface area contributed by atoms with Gasteiger partial charge in [0.2, 0.25) is 5.91 Å². The van der Waals surface area contributed by atoms with E-state index in [9.17, 15) is 13.6 Å². The van der Waals surface area contributed by atoms with Crippen LogP contribution in [0.2, 0.25) is 0 Å². The summed E-state index contributed by atoms with van der Waals surface area (Å²) in [6.07, 6.45) is 0. The van der Waals surface area contributed by atoms with Crippen molar-refractivity contribution in [2.45, 2.75) is 12.7 Å². The molecule has 0 aromatic heterocycles. The van der Waals surface area contributed by atoms with E-state index < -0.39 is 6.61 Å². The van der Waals surface area contributed by atoms with Crippen molar-refractivity contribution in [3.63, 3.8) is 0 Å². The molecule has 0 radical (unpaired) electrons. The van der Waals surface area contributed by atoms with Crippen LogP contribution in [0.25, 0.3) is 0 Å². The van der Waals surface area contributed by atoms with Gasteiger partial charge in [-0.1, -0.05) is 42.5 Å². The Morgan fingerprint density at radius 2 is 1.57 bits per heavy atom. The van der Waals surface area contributed by atoms with Crippen LogP contribution in [-0.4, -0.2) is 19.1 Å². The second-order valence-electron chi connectivity index (χ2n) is 6.41. The first-order chi connectivity index (χ1) is 14.5. The van der Waals surface area contributed by atoms with Crippen molar-refractivity contribution in [2.24, 2.45) is 0 Å². The highest BCUT2D eigenvalue weighted by atomic mass is 19.3. The molecule has 0 saturated heterocycles. The van der Waals surface area contributed by atoms with E-state index in [4.69, 9.17) is 5.26 Å². The minimum absolute atomic E-state index is 0.0227. The molecular formula is C23H19F2N3O2. The van der Waals surface area contributed by atoms with Crippen molar-refractivity contribution in [1.29, 1.82) is 5.26 Å².